The minimum absolute atomic E-state index is 0. The topological polar surface area (TPSA) is 85.6 Å². The van der Waals surface area contributed by atoms with Crippen LogP contribution in [0, 0.1) is 17.0 Å². The Morgan fingerprint density at radius 3 is 2.38 bits per heavy atom. The maximum atomic E-state index is 12.7. The third kappa shape index (κ3) is 5.79. The molecule has 1 aromatic carbocycles. The van der Waals surface area contributed by atoms with Crippen LogP contribution in [0.25, 0.3) is 0 Å². The van der Waals surface area contributed by atoms with Gasteiger partial charge in [0.05, 0.1) is 11.5 Å². The van der Waals surface area contributed by atoms with Crippen LogP contribution in [0.4, 0.5) is 16.3 Å². The summed E-state index contributed by atoms with van der Waals surface area (Å²) in [7, 11) is 0. The fourth-order valence-electron chi connectivity index (χ4n) is 2.27. The molecule has 1 aromatic heterocycles. The van der Waals surface area contributed by atoms with Gasteiger partial charge in [-0.1, -0.05) is 30.3 Å². The van der Waals surface area contributed by atoms with Gasteiger partial charge < -0.3 is 4.74 Å². The molecule has 0 aliphatic rings. The Balaban J connectivity index is 0.00000338. The number of carbonyl (C=O) groups is 1. The Hall–Kier alpha value is -1.96. The number of ether oxygens (including phenoxy) is 1. The number of nitro groups is 1. The molecular formula is C18H22N3NaO4. The predicted octanol–water partition coefficient (Wildman–Crippen LogP) is 3.59. The van der Waals surface area contributed by atoms with Crippen molar-refractivity contribution in [2.75, 3.05) is 4.90 Å². The molecule has 0 aliphatic heterocycles. The molecule has 0 saturated carbocycles. The molecule has 0 spiro atoms. The third-order valence-corrected chi connectivity index (χ3v) is 3.34. The second kappa shape index (κ2) is 9.12. The fraction of sp³-hybridized carbons (Fsp3) is 0.333. The fourth-order valence-corrected chi connectivity index (χ4v) is 2.27. The third-order valence-electron chi connectivity index (χ3n) is 3.34. The van der Waals surface area contributed by atoms with Gasteiger partial charge in [-0.3, -0.25) is 15.0 Å². The van der Waals surface area contributed by atoms with E-state index >= 15 is 0 Å². The Labute approximate surface area is 174 Å². The second-order valence-electron chi connectivity index (χ2n) is 6.61. The molecule has 7 nitrogen and oxygen atoms in total. The van der Waals surface area contributed by atoms with E-state index in [9.17, 15) is 14.9 Å². The van der Waals surface area contributed by atoms with E-state index in [4.69, 9.17) is 4.74 Å². The van der Waals surface area contributed by atoms with Crippen molar-refractivity contribution >= 4 is 47.2 Å². The molecule has 2 aromatic rings. The van der Waals surface area contributed by atoms with Gasteiger partial charge in [-0.2, -0.15) is 0 Å². The summed E-state index contributed by atoms with van der Waals surface area (Å²) in [6.07, 6.45) is 0.762. The molecule has 1 heterocycles. The zero-order chi connectivity index (χ0) is 18.6. The van der Waals surface area contributed by atoms with Crippen molar-refractivity contribution in [1.82, 2.24) is 4.98 Å². The van der Waals surface area contributed by atoms with Crippen LogP contribution in [0.1, 0.15) is 31.9 Å². The minimum atomic E-state index is -0.732. The van der Waals surface area contributed by atoms with Crippen LogP contribution in [0.15, 0.2) is 42.6 Å². The average molecular weight is 367 g/mol. The standard InChI is InChI=1S/C18H21N3O4.Na.H/c1-13-10-11-19-16(15(13)21(23)24)20(17(22)25-18(2,3)4)12-14-8-6-5-7-9-14;;/h5-11H,12H2,1-4H3;;. The monoisotopic (exact) mass is 367 g/mol. The number of aryl methyl sites for hydroxylation is 1. The number of pyridine rings is 1. The van der Waals surface area contributed by atoms with E-state index in [0.29, 0.717) is 5.56 Å². The maximum absolute atomic E-state index is 12.7. The van der Waals surface area contributed by atoms with Crippen LogP contribution in [0.2, 0.25) is 0 Å². The van der Waals surface area contributed by atoms with Crippen molar-refractivity contribution in [1.29, 1.82) is 0 Å². The van der Waals surface area contributed by atoms with Crippen molar-refractivity contribution in [2.45, 2.75) is 39.8 Å². The number of carbonyl (C=O) groups excluding carboxylic acids is 1. The number of aromatic nitrogens is 1. The molecule has 0 N–H and O–H groups in total. The number of rotatable bonds is 4. The van der Waals surface area contributed by atoms with Gasteiger partial charge in [0.1, 0.15) is 5.60 Å². The van der Waals surface area contributed by atoms with Gasteiger partial charge in [-0.25, -0.2) is 9.78 Å². The molecule has 0 unspecified atom stereocenters. The van der Waals surface area contributed by atoms with Crippen molar-refractivity contribution in [3.8, 4) is 0 Å². The summed E-state index contributed by atoms with van der Waals surface area (Å²) in [5.41, 5.74) is 0.303. The number of nitrogens with zero attached hydrogens (tertiary/aromatic N) is 3. The predicted molar refractivity (Wildman–Crippen MR) is 102 cm³/mol. The van der Waals surface area contributed by atoms with Crippen LogP contribution in [0.5, 0.6) is 0 Å². The van der Waals surface area contributed by atoms with Gasteiger partial charge in [0.15, 0.2) is 0 Å². The van der Waals surface area contributed by atoms with Gasteiger partial charge in [-0.05, 0) is 39.3 Å². The van der Waals surface area contributed by atoms with Gasteiger partial charge in [0.25, 0.3) is 0 Å². The Morgan fingerprint density at radius 1 is 1.23 bits per heavy atom. The molecule has 0 bridgehead atoms. The van der Waals surface area contributed by atoms with E-state index in [1.165, 1.54) is 17.2 Å². The molecular weight excluding hydrogens is 345 g/mol. The summed E-state index contributed by atoms with van der Waals surface area (Å²) >= 11 is 0. The number of hydrogen-bond donors (Lipinski definition) is 0. The summed E-state index contributed by atoms with van der Waals surface area (Å²) in [6.45, 7) is 6.95. The SMILES string of the molecule is Cc1ccnc(N(Cc2ccccc2)C(=O)OC(C)(C)C)c1[N+](=O)[O-].[NaH]. The van der Waals surface area contributed by atoms with Crippen LogP contribution in [-0.2, 0) is 11.3 Å². The summed E-state index contributed by atoms with van der Waals surface area (Å²) in [6, 6.07) is 10.7. The quantitative estimate of drug-likeness (QED) is 0.468. The summed E-state index contributed by atoms with van der Waals surface area (Å²) < 4.78 is 5.43. The van der Waals surface area contributed by atoms with Crippen LogP contribution in [-0.4, -0.2) is 51.2 Å². The number of amides is 1. The van der Waals surface area contributed by atoms with Crippen LogP contribution >= 0.6 is 0 Å². The summed E-state index contributed by atoms with van der Waals surface area (Å²) in [5, 5.41) is 11.5. The number of benzene rings is 1. The van der Waals surface area contributed by atoms with E-state index in [1.807, 2.05) is 30.3 Å². The zero-order valence-electron chi connectivity index (χ0n) is 14.7. The van der Waals surface area contributed by atoms with Crippen LogP contribution < -0.4 is 4.90 Å². The molecule has 26 heavy (non-hydrogen) atoms. The van der Waals surface area contributed by atoms with E-state index < -0.39 is 16.6 Å². The van der Waals surface area contributed by atoms with Crippen molar-refractivity contribution in [3.63, 3.8) is 0 Å². The van der Waals surface area contributed by atoms with Gasteiger partial charge in [0.2, 0.25) is 5.82 Å². The molecule has 2 rings (SSSR count). The average Bonchev–Trinajstić information content (AvgIpc) is 2.51. The van der Waals surface area contributed by atoms with Gasteiger partial charge in [-0.15, -0.1) is 0 Å². The first-order valence-corrected chi connectivity index (χ1v) is 7.83. The first kappa shape index (κ1) is 22.1. The summed E-state index contributed by atoms with van der Waals surface area (Å²) in [4.78, 5) is 28.9. The van der Waals surface area contributed by atoms with Gasteiger partial charge in [0, 0.05) is 11.8 Å². The normalized spacial score (nSPS) is 10.6. The van der Waals surface area contributed by atoms with E-state index in [1.54, 1.807) is 27.7 Å². The van der Waals surface area contributed by atoms with E-state index in [2.05, 4.69) is 4.98 Å². The first-order chi connectivity index (χ1) is 11.7. The number of anilines is 1. The Morgan fingerprint density at radius 2 is 1.85 bits per heavy atom. The molecule has 0 atom stereocenters. The molecule has 1 amide bonds. The first-order valence-electron chi connectivity index (χ1n) is 7.83. The molecule has 134 valence electrons. The molecule has 0 saturated heterocycles. The molecule has 0 aliphatic carbocycles. The van der Waals surface area contributed by atoms with Gasteiger partial charge >= 0.3 is 41.3 Å². The molecule has 0 radical (unpaired) electrons. The number of hydrogen-bond acceptors (Lipinski definition) is 5. The Kier molecular flexibility index (Phi) is 7.74. The van der Waals surface area contributed by atoms with Crippen LogP contribution in [0.3, 0.4) is 0 Å². The van der Waals surface area contributed by atoms with E-state index in [-0.39, 0.29) is 47.6 Å². The van der Waals surface area contributed by atoms with Crippen molar-refractivity contribution in [3.05, 3.63) is 63.8 Å². The Bertz CT molecular complexity index is 776. The molecule has 8 heteroatoms. The zero-order valence-corrected chi connectivity index (χ0v) is 14.7. The van der Waals surface area contributed by atoms with E-state index in [0.717, 1.165) is 5.56 Å². The second-order valence-corrected chi connectivity index (χ2v) is 6.61. The molecule has 0 fully saturated rings. The summed E-state index contributed by atoms with van der Waals surface area (Å²) in [5.74, 6) is -0.0249. The van der Waals surface area contributed by atoms with Crippen molar-refractivity contribution in [2.24, 2.45) is 0 Å². The van der Waals surface area contributed by atoms with Crippen molar-refractivity contribution < 1.29 is 14.5 Å².